The largest absolute Gasteiger partial charge is 0.478 e. The van der Waals surface area contributed by atoms with Crippen LogP contribution in [-0.4, -0.2) is 40.8 Å². The quantitative estimate of drug-likeness (QED) is 0.762. The first-order valence-corrected chi connectivity index (χ1v) is 5.70. The smallest absolute Gasteiger partial charge is 0.410 e. The van der Waals surface area contributed by atoms with E-state index in [0.717, 1.165) is 0 Å². The Labute approximate surface area is 101 Å². The Bertz CT molecular complexity index is 341. The lowest BCUT2D eigenvalue weighted by Crippen LogP contribution is -2.37. The average molecular weight is 241 g/mol. The van der Waals surface area contributed by atoms with Crippen LogP contribution >= 0.6 is 0 Å². The second kappa shape index (κ2) is 5.21. The van der Waals surface area contributed by atoms with E-state index >= 15 is 0 Å². The Balaban J connectivity index is 2.62. The number of amides is 1. The van der Waals surface area contributed by atoms with Crippen LogP contribution in [0.3, 0.4) is 0 Å². The minimum Gasteiger partial charge on any atom is -0.478 e. The first-order valence-electron chi connectivity index (χ1n) is 5.70. The zero-order valence-corrected chi connectivity index (χ0v) is 10.5. The highest BCUT2D eigenvalue weighted by molar-refractivity contribution is 5.86. The maximum atomic E-state index is 11.8. The molecule has 1 N–H and O–H groups in total. The molecule has 0 atom stereocenters. The van der Waals surface area contributed by atoms with Crippen LogP contribution in [0.2, 0.25) is 0 Å². The standard InChI is InChI=1S/C12H19NO4/c1-12(2,3)17-11(16)13-7-4-5-9(6-8-13)10(14)15/h6H,4-5,7-8H2,1-3H3,(H,14,15). The molecule has 0 bridgehead atoms. The molecular weight excluding hydrogens is 222 g/mol. The van der Waals surface area contributed by atoms with Crippen molar-refractivity contribution in [3.05, 3.63) is 11.6 Å². The number of aliphatic carboxylic acids is 1. The van der Waals surface area contributed by atoms with Crippen molar-refractivity contribution < 1.29 is 19.4 Å². The van der Waals surface area contributed by atoms with Crippen molar-refractivity contribution in [2.24, 2.45) is 0 Å². The Morgan fingerprint density at radius 2 is 2.06 bits per heavy atom. The summed E-state index contributed by atoms with van der Waals surface area (Å²) in [7, 11) is 0. The molecule has 0 saturated carbocycles. The second-order valence-electron chi connectivity index (χ2n) is 5.06. The van der Waals surface area contributed by atoms with Crippen molar-refractivity contribution in [3.63, 3.8) is 0 Å². The van der Waals surface area contributed by atoms with Gasteiger partial charge in [0, 0.05) is 18.7 Å². The number of ether oxygens (including phenoxy) is 1. The van der Waals surface area contributed by atoms with E-state index in [9.17, 15) is 9.59 Å². The van der Waals surface area contributed by atoms with Gasteiger partial charge in [-0.15, -0.1) is 0 Å². The van der Waals surface area contributed by atoms with Crippen LogP contribution in [0, 0.1) is 0 Å². The summed E-state index contributed by atoms with van der Waals surface area (Å²) in [5.41, 5.74) is -0.154. The summed E-state index contributed by atoms with van der Waals surface area (Å²) in [4.78, 5) is 24.1. The van der Waals surface area contributed by atoms with Gasteiger partial charge in [-0.1, -0.05) is 6.08 Å². The molecule has 96 valence electrons. The summed E-state index contributed by atoms with van der Waals surface area (Å²) < 4.78 is 5.24. The molecule has 1 rings (SSSR count). The summed E-state index contributed by atoms with van der Waals surface area (Å²) in [6, 6.07) is 0. The lowest BCUT2D eigenvalue weighted by atomic mass is 10.1. The van der Waals surface area contributed by atoms with Crippen LogP contribution in [0.15, 0.2) is 11.6 Å². The molecule has 17 heavy (non-hydrogen) atoms. The van der Waals surface area contributed by atoms with E-state index in [1.165, 1.54) is 4.90 Å². The van der Waals surface area contributed by atoms with Crippen molar-refractivity contribution in [1.29, 1.82) is 0 Å². The van der Waals surface area contributed by atoms with Crippen LogP contribution in [0.25, 0.3) is 0 Å². The minimum atomic E-state index is -0.906. The Hall–Kier alpha value is -1.52. The van der Waals surface area contributed by atoms with E-state index in [-0.39, 0.29) is 6.09 Å². The highest BCUT2D eigenvalue weighted by Crippen LogP contribution is 2.15. The lowest BCUT2D eigenvalue weighted by Gasteiger charge is -2.25. The van der Waals surface area contributed by atoms with E-state index in [4.69, 9.17) is 9.84 Å². The number of nitrogens with zero attached hydrogens (tertiary/aromatic N) is 1. The molecule has 0 aromatic heterocycles. The normalized spacial score (nSPS) is 17.1. The van der Waals surface area contributed by atoms with Gasteiger partial charge in [0.05, 0.1) is 0 Å². The average Bonchev–Trinajstić information content (AvgIpc) is 2.39. The van der Waals surface area contributed by atoms with Crippen molar-refractivity contribution >= 4 is 12.1 Å². The summed E-state index contributed by atoms with van der Waals surface area (Å²) in [5, 5.41) is 8.87. The number of hydrogen-bond donors (Lipinski definition) is 1. The van der Waals surface area contributed by atoms with Crippen LogP contribution in [-0.2, 0) is 9.53 Å². The minimum absolute atomic E-state index is 0.302. The first kappa shape index (κ1) is 13.5. The third-order valence-electron chi connectivity index (χ3n) is 2.36. The molecule has 5 heteroatoms. The number of hydrogen-bond acceptors (Lipinski definition) is 3. The lowest BCUT2D eigenvalue weighted by molar-refractivity contribution is -0.132. The van der Waals surface area contributed by atoms with E-state index in [0.29, 0.717) is 31.5 Å². The molecule has 0 aliphatic carbocycles. The fourth-order valence-electron chi connectivity index (χ4n) is 1.56. The molecule has 1 aliphatic rings. The Morgan fingerprint density at radius 1 is 1.41 bits per heavy atom. The highest BCUT2D eigenvalue weighted by Gasteiger charge is 2.23. The number of carboxylic acids is 1. The molecule has 1 heterocycles. The Kier molecular flexibility index (Phi) is 4.15. The summed E-state index contributed by atoms with van der Waals surface area (Å²) in [6.45, 7) is 6.25. The zero-order valence-electron chi connectivity index (χ0n) is 10.5. The van der Waals surface area contributed by atoms with Crippen molar-refractivity contribution in [2.75, 3.05) is 13.1 Å². The second-order valence-corrected chi connectivity index (χ2v) is 5.06. The van der Waals surface area contributed by atoms with Crippen LogP contribution in [0.5, 0.6) is 0 Å². The topological polar surface area (TPSA) is 66.8 Å². The van der Waals surface area contributed by atoms with Crippen LogP contribution < -0.4 is 0 Å². The monoisotopic (exact) mass is 241 g/mol. The summed E-state index contributed by atoms with van der Waals surface area (Å²) in [5.74, 6) is -0.906. The van der Waals surface area contributed by atoms with Gasteiger partial charge in [0.15, 0.2) is 0 Å². The Morgan fingerprint density at radius 3 is 2.59 bits per heavy atom. The SMILES string of the molecule is CC(C)(C)OC(=O)N1CC=C(C(=O)O)CCC1. The molecule has 0 unspecified atom stereocenters. The van der Waals surface area contributed by atoms with E-state index in [1.807, 2.05) is 0 Å². The van der Waals surface area contributed by atoms with Gasteiger partial charge < -0.3 is 14.7 Å². The summed E-state index contributed by atoms with van der Waals surface area (Å²) >= 11 is 0. The molecule has 0 radical (unpaired) electrons. The van der Waals surface area contributed by atoms with Gasteiger partial charge in [-0.2, -0.15) is 0 Å². The van der Waals surface area contributed by atoms with E-state index in [2.05, 4.69) is 0 Å². The highest BCUT2D eigenvalue weighted by atomic mass is 16.6. The van der Waals surface area contributed by atoms with Crippen molar-refractivity contribution in [1.82, 2.24) is 4.90 Å². The third kappa shape index (κ3) is 4.46. The van der Waals surface area contributed by atoms with Gasteiger partial charge in [0.25, 0.3) is 0 Å². The van der Waals surface area contributed by atoms with Gasteiger partial charge in [0.1, 0.15) is 5.60 Å². The number of rotatable bonds is 1. The van der Waals surface area contributed by atoms with Gasteiger partial charge in [-0.05, 0) is 33.6 Å². The van der Waals surface area contributed by atoms with Crippen molar-refractivity contribution in [2.45, 2.75) is 39.2 Å². The number of carbonyl (C=O) groups is 2. The first-order chi connectivity index (χ1) is 7.79. The zero-order chi connectivity index (χ0) is 13.1. The fraction of sp³-hybridized carbons (Fsp3) is 0.667. The summed E-state index contributed by atoms with van der Waals surface area (Å²) in [6.07, 6.45) is 2.34. The van der Waals surface area contributed by atoms with E-state index < -0.39 is 11.6 Å². The van der Waals surface area contributed by atoms with Gasteiger partial charge in [-0.25, -0.2) is 9.59 Å². The van der Waals surface area contributed by atoms with Crippen molar-refractivity contribution in [3.8, 4) is 0 Å². The molecule has 0 aromatic rings. The van der Waals surface area contributed by atoms with E-state index in [1.54, 1.807) is 26.8 Å². The molecule has 1 aliphatic heterocycles. The maximum absolute atomic E-state index is 11.8. The number of carbonyl (C=O) groups excluding carboxylic acids is 1. The predicted molar refractivity (Wildman–Crippen MR) is 62.8 cm³/mol. The molecule has 0 aromatic carbocycles. The molecule has 0 spiro atoms. The molecule has 0 saturated heterocycles. The van der Waals surface area contributed by atoms with Gasteiger partial charge >= 0.3 is 12.1 Å². The fourth-order valence-corrected chi connectivity index (χ4v) is 1.56. The predicted octanol–water partition coefficient (Wildman–Crippen LogP) is 2.03. The van der Waals surface area contributed by atoms with Crippen LogP contribution in [0.4, 0.5) is 4.79 Å². The van der Waals surface area contributed by atoms with Gasteiger partial charge in [-0.3, -0.25) is 0 Å². The maximum Gasteiger partial charge on any atom is 0.410 e. The molecule has 5 nitrogen and oxygen atoms in total. The van der Waals surface area contributed by atoms with Gasteiger partial charge in [0.2, 0.25) is 0 Å². The third-order valence-corrected chi connectivity index (χ3v) is 2.36. The molecular formula is C12H19NO4. The molecule has 1 amide bonds. The molecule has 0 fully saturated rings. The van der Waals surface area contributed by atoms with Crippen LogP contribution in [0.1, 0.15) is 33.6 Å². The number of carboxylic acid groups (broad SMARTS) is 1.